The van der Waals surface area contributed by atoms with E-state index in [4.69, 9.17) is 4.74 Å². The van der Waals surface area contributed by atoms with Crippen molar-refractivity contribution in [2.75, 3.05) is 37.8 Å². The molecule has 0 fully saturated rings. The molecule has 2 aromatic rings. The van der Waals surface area contributed by atoms with Crippen molar-refractivity contribution >= 4 is 29.8 Å². The Balaban J connectivity index is 1.40. The normalized spacial score (nSPS) is 16.1. The predicted octanol–water partition coefficient (Wildman–Crippen LogP) is 0.873. The summed E-state index contributed by atoms with van der Waals surface area (Å²) in [7, 11) is 0. The van der Waals surface area contributed by atoms with Crippen LogP contribution in [0.15, 0.2) is 60.3 Å². The van der Waals surface area contributed by atoms with Gasteiger partial charge in [0.15, 0.2) is 24.3 Å². The van der Waals surface area contributed by atoms with E-state index in [1.807, 2.05) is 70.4 Å². The molecule has 0 aliphatic carbocycles. The number of aromatic nitrogens is 1. The van der Waals surface area contributed by atoms with Crippen molar-refractivity contribution in [1.82, 2.24) is 0 Å². The van der Waals surface area contributed by atoms with Crippen molar-refractivity contribution in [2.45, 2.75) is 31.6 Å². The van der Waals surface area contributed by atoms with Crippen LogP contribution in [0, 0.1) is 0 Å². The van der Waals surface area contributed by atoms with Gasteiger partial charge in [0.1, 0.15) is 19.3 Å². The Morgan fingerprint density at radius 2 is 1.63 bits per heavy atom. The Morgan fingerprint density at radius 3 is 2.18 bits per heavy atom. The molecular weight excluding hydrogens is 496 g/mol. The third-order valence-electron chi connectivity index (χ3n) is 5.88. The molecule has 0 radical (unpaired) electrons. The fourth-order valence-electron chi connectivity index (χ4n) is 3.80. The minimum Gasteiger partial charge on any atom is -0.505 e. The van der Waals surface area contributed by atoms with Gasteiger partial charge in [-0.2, -0.15) is 0 Å². The van der Waals surface area contributed by atoms with Crippen molar-refractivity contribution in [3.8, 4) is 0 Å². The van der Waals surface area contributed by atoms with Crippen LogP contribution in [0.4, 0.5) is 5.69 Å². The summed E-state index contributed by atoms with van der Waals surface area (Å²) < 4.78 is 11.5. The van der Waals surface area contributed by atoms with Crippen LogP contribution in [-0.2, 0) is 25.6 Å². The van der Waals surface area contributed by atoms with Crippen molar-refractivity contribution in [3.05, 3.63) is 71.4 Å². The molecule has 1 aliphatic rings. The third-order valence-corrected chi connectivity index (χ3v) is 5.88. The predicted molar refractivity (Wildman–Crippen MR) is 137 cm³/mol. The molecule has 1 aromatic carbocycles. The average molecular weight is 530 g/mol. The van der Waals surface area contributed by atoms with E-state index in [0.717, 1.165) is 16.8 Å². The second-order valence-electron chi connectivity index (χ2n) is 8.64. The van der Waals surface area contributed by atoms with Gasteiger partial charge < -0.3 is 39.9 Å². The molecular formula is C27H33N2O9+. The molecule has 204 valence electrons. The Kier molecular flexibility index (Phi) is 10.6. The number of pyridine rings is 1. The van der Waals surface area contributed by atoms with Crippen molar-refractivity contribution in [1.29, 1.82) is 0 Å². The molecule has 1 aromatic heterocycles. The molecule has 2 heterocycles. The molecule has 3 rings (SSSR count). The summed E-state index contributed by atoms with van der Waals surface area (Å²) in [5.41, 5.74) is 2.94. The molecule has 1 aliphatic heterocycles. The van der Waals surface area contributed by atoms with Gasteiger partial charge in [-0.1, -0.05) is 24.3 Å². The Labute approximate surface area is 220 Å². The maximum atomic E-state index is 12.0. The van der Waals surface area contributed by atoms with Crippen LogP contribution in [0.25, 0.3) is 12.2 Å². The summed E-state index contributed by atoms with van der Waals surface area (Å²) in [6.07, 6.45) is 5.41. The summed E-state index contributed by atoms with van der Waals surface area (Å²) in [6, 6.07) is 11.7. The van der Waals surface area contributed by atoms with E-state index in [1.165, 1.54) is 0 Å². The number of benzene rings is 1. The maximum absolute atomic E-state index is 12.0. The van der Waals surface area contributed by atoms with Gasteiger partial charge in [-0.25, -0.2) is 9.36 Å². The summed E-state index contributed by atoms with van der Waals surface area (Å²) in [4.78, 5) is 25.0. The molecule has 0 saturated heterocycles. The first-order valence-electron chi connectivity index (χ1n) is 12.2. The standard InChI is InChI=1S/C27H32N2O9/c30-16-14-29(15-17-31)21-7-5-19(6-8-21)3-4-20-9-12-28(13-10-20)11-1-2-23(33)37-18-22(32)26-24(34)25(35)27(36)38-26/h3-10,12-13,22,26,30-32H,1-2,11,14-18H2,(H-,34,35,36)/p+1. The van der Waals surface area contributed by atoms with E-state index in [2.05, 4.69) is 4.74 Å². The fourth-order valence-corrected chi connectivity index (χ4v) is 3.80. The summed E-state index contributed by atoms with van der Waals surface area (Å²) in [5, 5.41) is 47.1. The van der Waals surface area contributed by atoms with E-state index in [9.17, 15) is 35.1 Å². The highest BCUT2D eigenvalue weighted by atomic mass is 16.6. The van der Waals surface area contributed by atoms with Crippen LogP contribution in [0.3, 0.4) is 0 Å². The van der Waals surface area contributed by atoms with Gasteiger partial charge in [0.05, 0.1) is 19.6 Å². The number of aryl methyl sites for hydroxylation is 1. The molecule has 11 nitrogen and oxygen atoms in total. The number of hydrogen-bond acceptors (Lipinski definition) is 10. The number of rotatable bonds is 14. The average Bonchev–Trinajstić information content (AvgIpc) is 3.18. The summed E-state index contributed by atoms with van der Waals surface area (Å²) in [6.45, 7) is 1.02. The van der Waals surface area contributed by atoms with Crippen LogP contribution in [-0.4, -0.2) is 82.6 Å². The number of ether oxygens (including phenoxy) is 2. The molecule has 0 saturated carbocycles. The Bertz CT molecular complexity index is 1120. The zero-order valence-corrected chi connectivity index (χ0v) is 20.8. The van der Waals surface area contributed by atoms with Crippen molar-refractivity contribution in [2.24, 2.45) is 0 Å². The van der Waals surface area contributed by atoms with E-state index in [1.54, 1.807) is 0 Å². The molecule has 0 spiro atoms. The first-order valence-corrected chi connectivity index (χ1v) is 12.2. The molecule has 38 heavy (non-hydrogen) atoms. The van der Waals surface area contributed by atoms with Crippen LogP contribution in [0.1, 0.15) is 24.0 Å². The van der Waals surface area contributed by atoms with Crippen molar-refractivity contribution < 1.29 is 49.2 Å². The van der Waals surface area contributed by atoms with E-state index < -0.39 is 42.3 Å². The quantitative estimate of drug-likeness (QED) is 0.175. The first-order chi connectivity index (χ1) is 18.3. The van der Waals surface area contributed by atoms with Gasteiger partial charge in [0.2, 0.25) is 5.76 Å². The lowest BCUT2D eigenvalue weighted by Crippen LogP contribution is -2.34. The van der Waals surface area contributed by atoms with Gasteiger partial charge in [-0.15, -0.1) is 0 Å². The number of carbonyl (C=O) groups excluding carboxylic acids is 2. The second-order valence-corrected chi connectivity index (χ2v) is 8.64. The van der Waals surface area contributed by atoms with Crippen LogP contribution >= 0.6 is 0 Å². The zero-order valence-electron chi connectivity index (χ0n) is 20.8. The van der Waals surface area contributed by atoms with Crippen LogP contribution < -0.4 is 9.47 Å². The second kappa shape index (κ2) is 14.1. The highest BCUT2D eigenvalue weighted by molar-refractivity contribution is 5.89. The highest BCUT2D eigenvalue weighted by Crippen LogP contribution is 2.21. The molecule has 0 amide bonds. The lowest BCUT2D eigenvalue weighted by molar-refractivity contribution is -0.697. The van der Waals surface area contributed by atoms with Gasteiger partial charge in [-0.3, -0.25) is 4.79 Å². The fraction of sp³-hybridized carbons (Fsp3) is 0.370. The number of carbonyl (C=O) groups is 2. The zero-order chi connectivity index (χ0) is 27.5. The Morgan fingerprint density at radius 1 is 1.03 bits per heavy atom. The summed E-state index contributed by atoms with van der Waals surface area (Å²) in [5.74, 6) is -3.45. The van der Waals surface area contributed by atoms with Crippen LogP contribution in [0.2, 0.25) is 0 Å². The number of cyclic esters (lactones) is 1. The molecule has 11 heteroatoms. The summed E-state index contributed by atoms with van der Waals surface area (Å²) >= 11 is 0. The van der Waals surface area contributed by atoms with E-state index >= 15 is 0 Å². The van der Waals surface area contributed by atoms with Gasteiger partial charge in [-0.05, 0) is 23.3 Å². The monoisotopic (exact) mass is 529 g/mol. The molecule has 0 bridgehead atoms. The highest BCUT2D eigenvalue weighted by Gasteiger charge is 2.39. The lowest BCUT2D eigenvalue weighted by Gasteiger charge is -2.22. The Hall–Kier alpha value is -3.93. The van der Waals surface area contributed by atoms with Crippen molar-refractivity contribution in [3.63, 3.8) is 0 Å². The van der Waals surface area contributed by atoms with E-state index in [0.29, 0.717) is 26.1 Å². The van der Waals surface area contributed by atoms with Crippen LogP contribution in [0.5, 0.6) is 0 Å². The topological polar surface area (TPSA) is 161 Å². The molecule has 2 atom stereocenters. The number of esters is 2. The number of anilines is 1. The molecule has 2 unspecified atom stereocenters. The van der Waals surface area contributed by atoms with Gasteiger partial charge in [0, 0.05) is 37.3 Å². The number of aliphatic hydroxyl groups excluding tert-OH is 5. The van der Waals surface area contributed by atoms with Gasteiger partial charge in [0.25, 0.3) is 0 Å². The maximum Gasteiger partial charge on any atom is 0.377 e. The minimum absolute atomic E-state index is 0.0149. The smallest absolute Gasteiger partial charge is 0.377 e. The SMILES string of the molecule is O=C(CCC[n+]1ccc(/C=C/c2ccc(N(CCO)CCO)cc2)cc1)OCC(O)C1OC(=O)C(O)=C1O. The van der Waals surface area contributed by atoms with E-state index in [-0.39, 0.29) is 19.6 Å². The van der Waals surface area contributed by atoms with Gasteiger partial charge >= 0.3 is 11.9 Å². The minimum atomic E-state index is -1.49. The largest absolute Gasteiger partial charge is 0.505 e. The number of nitrogens with zero attached hydrogens (tertiary/aromatic N) is 2. The number of aliphatic hydroxyl groups is 5. The first kappa shape index (κ1) is 28.6. The third kappa shape index (κ3) is 8.04. The lowest BCUT2D eigenvalue weighted by atomic mass is 10.1. The number of hydrogen-bond donors (Lipinski definition) is 5. The molecule has 5 N–H and O–H groups in total.